The number of hydrogen-bond donors (Lipinski definition) is 1. The van der Waals surface area contributed by atoms with Gasteiger partial charge in [-0.1, -0.05) is 67.7 Å². The summed E-state index contributed by atoms with van der Waals surface area (Å²) in [5.41, 5.74) is 0. The molecule has 158 valence electrons. The van der Waals surface area contributed by atoms with Crippen LogP contribution < -0.4 is 0 Å². The number of carbonyl (C=O) groups excluding carboxylic acids is 1. The van der Waals surface area contributed by atoms with E-state index in [-0.39, 0.29) is 19.2 Å². The Morgan fingerprint density at radius 2 is 1.32 bits per heavy atom. The maximum absolute atomic E-state index is 11.5. The fourth-order valence-electron chi connectivity index (χ4n) is 2.23. The molecule has 0 amide bonds. The molecule has 0 rings (SSSR count). The fourth-order valence-corrected chi connectivity index (χ4v) is 2.23. The van der Waals surface area contributed by atoms with Gasteiger partial charge in [0.15, 0.2) is 0 Å². The molecule has 28 heavy (non-hydrogen) atoms. The highest BCUT2D eigenvalue weighted by atomic mass is 16.5. The number of aliphatic hydroxyl groups excluding tert-OH is 1. The molecular weight excluding hydrogens is 352 g/mol. The van der Waals surface area contributed by atoms with Crippen molar-refractivity contribution in [2.75, 3.05) is 20.3 Å². The number of ether oxygens (including phenoxy) is 2. The normalized spacial score (nSPS) is 13.7. The largest absolute Gasteiger partial charge is 0.463 e. The minimum Gasteiger partial charge on any atom is -0.463 e. The van der Waals surface area contributed by atoms with Crippen LogP contribution in [0.15, 0.2) is 60.8 Å². The molecule has 0 spiro atoms. The van der Waals surface area contributed by atoms with Gasteiger partial charge < -0.3 is 14.6 Å². The summed E-state index contributed by atoms with van der Waals surface area (Å²) in [5, 5.41) is 9.39. The Morgan fingerprint density at radius 1 is 0.821 bits per heavy atom. The van der Waals surface area contributed by atoms with Gasteiger partial charge in [0, 0.05) is 13.5 Å². The van der Waals surface area contributed by atoms with E-state index in [1.807, 2.05) is 0 Å². The third-order valence-corrected chi connectivity index (χ3v) is 3.71. The molecule has 0 radical (unpaired) electrons. The average molecular weight is 391 g/mol. The van der Waals surface area contributed by atoms with E-state index in [1.165, 1.54) is 7.11 Å². The van der Waals surface area contributed by atoms with Gasteiger partial charge >= 0.3 is 5.97 Å². The van der Waals surface area contributed by atoms with Crippen molar-refractivity contribution < 1.29 is 19.4 Å². The Morgan fingerprint density at radius 3 is 1.82 bits per heavy atom. The summed E-state index contributed by atoms with van der Waals surface area (Å²) in [5.74, 6) is -0.275. The molecule has 0 saturated carbocycles. The number of rotatable bonds is 17. The van der Waals surface area contributed by atoms with Crippen LogP contribution in [-0.2, 0) is 14.3 Å². The topological polar surface area (TPSA) is 55.8 Å². The molecule has 0 aliphatic carbocycles. The van der Waals surface area contributed by atoms with Crippen LogP contribution in [0.4, 0.5) is 0 Å². The predicted octanol–water partition coefficient (Wildman–Crippen LogP) is 5.46. The van der Waals surface area contributed by atoms with E-state index in [1.54, 1.807) is 0 Å². The molecule has 0 fully saturated rings. The van der Waals surface area contributed by atoms with E-state index >= 15 is 0 Å². The number of hydrogen-bond acceptors (Lipinski definition) is 4. The second-order valence-electron chi connectivity index (χ2n) is 6.39. The predicted molar refractivity (Wildman–Crippen MR) is 117 cm³/mol. The van der Waals surface area contributed by atoms with Crippen LogP contribution in [0.25, 0.3) is 0 Å². The van der Waals surface area contributed by atoms with Crippen LogP contribution >= 0.6 is 0 Å². The van der Waals surface area contributed by atoms with Crippen molar-refractivity contribution in [1.82, 2.24) is 0 Å². The molecule has 1 atom stereocenters. The molecule has 4 heteroatoms. The van der Waals surface area contributed by atoms with Gasteiger partial charge in [-0.3, -0.25) is 4.79 Å². The highest BCUT2D eigenvalue weighted by molar-refractivity contribution is 5.69. The molecule has 0 aromatic rings. The summed E-state index contributed by atoms with van der Waals surface area (Å²) in [6.07, 6.45) is 27.9. The van der Waals surface area contributed by atoms with E-state index in [9.17, 15) is 9.90 Å². The Hall–Kier alpha value is -1.91. The summed E-state index contributed by atoms with van der Waals surface area (Å²) in [7, 11) is 1.50. The van der Waals surface area contributed by atoms with Crippen LogP contribution in [0.5, 0.6) is 0 Å². The Balaban J connectivity index is 3.55. The van der Waals surface area contributed by atoms with Gasteiger partial charge in [-0.05, 0) is 44.9 Å². The minimum atomic E-state index is -0.750. The number of methoxy groups -OCH3 is 1. The van der Waals surface area contributed by atoms with E-state index in [2.05, 4.69) is 67.7 Å². The second kappa shape index (κ2) is 21.4. The first kappa shape index (κ1) is 26.1. The van der Waals surface area contributed by atoms with Crippen molar-refractivity contribution in [3.05, 3.63) is 60.8 Å². The molecule has 0 aromatic carbocycles. The highest BCUT2D eigenvalue weighted by Gasteiger charge is 2.07. The quantitative estimate of drug-likeness (QED) is 0.204. The van der Waals surface area contributed by atoms with E-state index in [4.69, 9.17) is 9.47 Å². The Bertz CT molecular complexity index is 501. The van der Waals surface area contributed by atoms with Crippen LogP contribution in [0.1, 0.15) is 58.3 Å². The average Bonchev–Trinajstić information content (AvgIpc) is 2.69. The van der Waals surface area contributed by atoms with Crippen LogP contribution in [-0.4, -0.2) is 37.5 Å². The molecule has 0 heterocycles. The smallest absolute Gasteiger partial charge is 0.305 e. The van der Waals surface area contributed by atoms with E-state index in [0.29, 0.717) is 6.42 Å². The molecule has 0 aliphatic heterocycles. The zero-order valence-electron chi connectivity index (χ0n) is 17.6. The summed E-state index contributed by atoms with van der Waals surface area (Å²) in [4.78, 5) is 11.5. The van der Waals surface area contributed by atoms with Crippen molar-refractivity contribution in [2.45, 2.75) is 64.4 Å². The van der Waals surface area contributed by atoms with Gasteiger partial charge in [0.1, 0.15) is 12.7 Å². The highest BCUT2D eigenvalue weighted by Crippen LogP contribution is 2.01. The number of allylic oxidation sites excluding steroid dienone is 10. The second-order valence-corrected chi connectivity index (χ2v) is 6.39. The van der Waals surface area contributed by atoms with Crippen molar-refractivity contribution >= 4 is 5.97 Å². The number of unbranched alkanes of at least 4 members (excludes halogenated alkanes) is 1. The molecule has 0 aliphatic rings. The van der Waals surface area contributed by atoms with Gasteiger partial charge in [-0.15, -0.1) is 0 Å². The maximum Gasteiger partial charge on any atom is 0.305 e. The first-order chi connectivity index (χ1) is 13.7. The van der Waals surface area contributed by atoms with Crippen molar-refractivity contribution in [3.8, 4) is 0 Å². The molecule has 0 bridgehead atoms. The third-order valence-electron chi connectivity index (χ3n) is 3.71. The number of aliphatic hydroxyl groups is 1. The molecule has 0 saturated heterocycles. The van der Waals surface area contributed by atoms with E-state index in [0.717, 1.165) is 44.9 Å². The van der Waals surface area contributed by atoms with Crippen LogP contribution in [0, 0.1) is 0 Å². The SMILES string of the molecule is CC/C=C\C/C=C\C/C=C\C/C=C\C/C=C\CCCC(=O)OCC(O)COC. The van der Waals surface area contributed by atoms with Gasteiger partial charge in [0.2, 0.25) is 0 Å². The summed E-state index contributed by atoms with van der Waals surface area (Å²) >= 11 is 0. The number of carbonyl (C=O) groups is 1. The molecule has 4 nitrogen and oxygen atoms in total. The lowest BCUT2D eigenvalue weighted by Crippen LogP contribution is -2.22. The first-order valence-corrected chi connectivity index (χ1v) is 10.3. The monoisotopic (exact) mass is 390 g/mol. The Kier molecular flexibility index (Phi) is 19.9. The lowest BCUT2D eigenvalue weighted by molar-refractivity contribution is -0.147. The van der Waals surface area contributed by atoms with Gasteiger partial charge in [-0.25, -0.2) is 0 Å². The molecular formula is C24H38O4. The van der Waals surface area contributed by atoms with Crippen molar-refractivity contribution in [1.29, 1.82) is 0 Å². The summed E-state index contributed by atoms with van der Waals surface area (Å²) in [6, 6.07) is 0. The lowest BCUT2D eigenvalue weighted by atomic mass is 10.2. The molecule has 0 aromatic heterocycles. The van der Waals surface area contributed by atoms with Gasteiger partial charge in [0.25, 0.3) is 0 Å². The standard InChI is InChI=1S/C24H38O4/c1-3-4-5-6-7-8-9-10-11-12-13-14-15-16-17-18-19-20-24(26)28-22-23(25)21-27-2/h4-5,7-8,10-11,13-14,16-17,23,25H,3,6,9,12,15,18-22H2,1-2H3/b5-4-,8-7-,11-10-,14-13-,17-16-. The minimum absolute atomic E-state index is 0.00561. The van der Waals surface area contributed by atoms with Gasteiger partial charge in [-0.2, -0.15) is 0 Å². The zero-order valence-corrected chi connectivity index (χ0v) is 17.6. The van der Waals surface area contributed by atoms with Crippen molar-refractivity contribution in [2.24, 2.45) is 0 Å². The van der Waals surface area contributed by atoms with Gasteiger partial charge in [0.05, 0.1) is 6.61 Å². The zero-order chi connectivity index (χ0) is 20.7. The van der Waals surface area contributed by atoms with Crippen molar-refractivity contribution in [3.63, 3.8) is 0 Å². The Labute approximate surface area is 171 Å². The molecule has 1 N–H and O–H groups in total. The number of esters is 1. The van der Waals surface area contributed by atoms with Crippen LogP contribution in [0.2, 0.25) is 0 Å². The lowest BCUT2D eigenvalue weighted by Gasteiger charge is -2.09. The summed E-state index contributed by atoms with van der Waals surface area (Å²) in [6.45, 7) is 2.31. The fraction of sp³-hybridized carbons (Fsp3) is 0.542. The van der Waals surface area contributed by atoms with E-state index < -0.39 is 6.10 Å². The third kappa shape index (κ3) is 20.4. The maximum atomic E-state index is 11.5. The van der Waals surface area contributed by atoms with Crippen LogP contribution in [0.3, 0.4) is 0 Å². The summed E-state index contributed by atoms with van der Waals surface area (Å²) < 4.78 is 9.74. The first-order valence-electron chi connectivity index (χ1n) is 10.3. The molecule has 1 unspecified atom stereocenters.